The van der Waals surface area contributed by atoms with Gasteiger partial charge in [-0.2, -0.15) is 4.31 Å². The Bertz CT molecular complexity index is 510. The van der Waals surface area contributed by atoms with Crippen molar-refractivity contribution < 1.29 is 8.42 Å². The quantitative estimate of drug-likeness (QED) is 0.925. The maximum Gasteiger partial charge on any atom is 0.252 e. The second kappa shape index (κ2) is 5.28. The summed E-state index contributed by atoms with van der Waals surface area (Å²) in [6.07, 6.45) is 1.88. The van der Waals surface area contributed by atoms with Gasteiger partial charge in [0.05, 0.1) is 0 Å². The molecular weight excluding hydrogens is 268 g/mol. The van der Waals surface area contributed by atoms with E-state index in [1.807, 2.05) is 6.92 Å². The van der Waals surface area contributed by atoms with E-state index >= 15 is 0 Å². The molecule has 1 aliphatic rings. The number of hydrogen-bond acceptors (Lipinski definition) is 4. The van der Waals surface area contributed by atoms with Crippen LogP contribution < -0.4 is 5.73 Å². The van der Waals surface area contributed by atoms with E-state index in [9.17, 15) is 8.42 Å². The summed E-state index contributed by atoms with van der Waals surface area (Å²) in [4.78, 5) is 0.909. The van der Waals surface area contributed by atoms with Crippen LogP contribution in [0.1, 0.15) is 31.6 Å². The minimum absolute atomic E-state index is 0.0853. The number of hydrogen-bond donors (Lipinski definition) is 1. The van der Waals surface area contributed by atoms with Crippen LogP contribution in [-0.2, 0) is 16.6 Å². The standard InChI is InChI=1S/C12H20N2O2S2/c1-9-5-6-14(10(2)7-9)18(15,16)12-4-3-11(8-13)17-12/h3-4,9-10H,5-8,13H2,1-2H3. The summed E-state index contributed by atoms with van der Waals surface area (Å²) < 4.78 is 27.1. The van der Waals surface area contributed by atoms with Crippen LogP contribution in [0.25, 0.3) is 0 Å². The highest BCUT2D eigenvalue weighted by Crippen LogP contribution is 2.31. The van der Waals surface area contributed by atoms with Gasteiger partial charge in [-0.15, -0.1) is 11.3 Å². The fraction of sp³-hybridized carbons (Fsp3) is 0.667. The SMILES string of the molecule is CC1CCN(S(=O)(=O)c2ccc(CN)s2)C(C)C1. The van der Waals surface area contributed by atoms with E-state index < -0.39 is 10.0 Å². The van der Waals surface area contributed by atoms with Crippen LogP contribution in [0.15, 0.2) is 16.3 Å². The first-order valence-electron chi connectivity index (χ1n) is 6.25. The molecule has 102 valence electrons. The maximum absolute atomic E-state index is 12.5. The number of nitrogens with zero attached hydrogens (tertiary/aromatic N) is 1. The van der Waals surface area contributed by atoms with E-state index in [-0.39, 0.29) is 6.04 Å². The predicted molar refractivity (Wildman–Crippen MR) is 74.0 cm³/mol. The topological polar surface area (TPSA) is 63.4 Å². The van der Waals surface area contributed by atoms with Gasteiger partial charge in [0.15, 0.2) is 0 Å². The predicted octanol–water partition coefficient (Wildman–Crippen LogP) is 2.02. The molecule has 0 spiro atoms. The highest BCUT2D eigenvalue weighted by molar-refractivity contribution is 7.91. The molecule has 0 radical (unpaired) electrons. The molecule has 4 nitrogen and oxygen atoms in total. The monoisotopic (exact) mass is 288 g/mol. The van der Waals surface area contributed by atoms with E-state index in [4.69, 9.17) is 5.73 Å². The summed E-state index contributed by atoms with van der Waals surface area (Å²) in [5, 5.41) is 0. The Morgan fingerprint density at radius 2 is 2.17 bits per heavy atom. The second-order valence-electron chi connectivity index (χ2n) is 5.02. The second-order valence-corrected chi connectivity index (χ2v) is 8.30. The Labute approximate surface area is 113 Å². The Morgan fingerprint density at radius 1 is 1.44 bits per heavy atom. The first-order valence-corrected chi connectivity index (χ1v) is 8.51. The number of sulfonamides is 1. The molecule has 2 atom stereocenters. The van der Waals surface area contributed by atoms with Crippen molar-refractivity contribution in [2.45, 2.75) is 43.5 Å². The smallest absolute Gasteiger partial charge is 0.252 e. The molecule has 0 saturated carbocycles. The molecule has 0 amide bonds. The third kappa shape index (κ3) is 2.61. The molecule has 18 heavy (non-hydrogen) atoms. The molecule has 1 aromatic rings. The maximum atomic E-state index is 12.5. The van der Waals surface area contributed by atoms with Gasteiger partial charge in [-0.3, -0.25) is 0 Å². The fourth-order valence-corrected chi connectivity index (χ4v) is 5.49. The first kappa shape index (κ1) is 14.0. The van der Waals surface area contributed by atoms with Gasteiger partial charge in [0.2, 0.25) is 0 Å². The molecule has 1 saturated heterocycles. The molecule has 1 aliphatic heterocycles. The van der Waals surface area contributed by atoms with Gasteiger partial charge in [0.1, 0.15) is 4.21 Å². The third-order valence-corrected chi connectivity index (χ3v) is 7.07. The lowest BCUT2D eigenvalue weighted by Crippen LogP contribution is -2.43. The zero-order valence-corrected chi connectivity index (χ0v) is 12.4. The minimum Gasteiger partial charge on any atom is -0.326 e. The Morgan fingerprint density at radius 3 is 2.72 bits per heavy atom. The molecule has 0 aromatic carbocycles. The van der Waals surface area contributed by atoms with Crippen molar-refractivity contribution in [3.8, 4) is 0 Å². The molecule has 2 heterocycles. The summed E-state index contributed by atoms with van der Waals surface area (Å²) in [6.45, 7) is 5.19. The molecule has 0 bridgehead atoms. The lowest BCUT2D eigenvalue weighted by Gasteiger charge is -2.35. The van der Waals surface area contributed by atoms with Crippen molar-refractivity contribution >= 4 is 21.4 Å². The van der Waals surface area contributed by atoms with Crippen molar-refractivity contribution in [2.75, 3.05) is 6.54 Å². The first-order chi connectivity index (χ1) is 8.45. The summed E-state index contributed by atoms with van der Waals surface area (Å²) >= 11 is 1.28. The van der Waals surface area contributed by atoms with Crippen molar-refractivity contribution in [1.82, 2.24) is 4.31 Å². The van der Waals surface area contributed by atoms with Gasteiger partial charge >= 0.3 is 0 Å². The zero-order valence-electron chi connectivity index (χ0n) is 10.8. The van der Waals surface area contributed by atoms with Crippen LogP contribution in [0.5, 0.6) is 0 Å². The van der Waals surface area contributed by atoms with E-state index in [1.54, 1.807) is 16.4 Å². The van der Waals surface area contributed by atoms with Crippen LogP contribution >= 0.6 is 11.3 Å². The summed E-state index contributed by atoms with van der Waals surface area (Å²) in [6, 6.07) is 3.56. The Balaban J connectivity index is 2.25. The van der Waals surface area contributed by atoms with E-state index in [1.165, 1.54) is 11.3 Å². The van der Waals surface area contributed by atoms with E-state index in [2.05, 4.69) is 6.92 Å². The third-order valence-electron chi connectivity index (χ3n) is 3.48. The van der Waals surface area contributed by atoms with Crippen molar-refractivity contribution in [1.29, 1.82) is 0 Å². The normalized spacial score (nSPS) is 26.4. The van der Waals surface area contributed by atoms with Gasteiger partial charge in [-0.25, -0.2) is 8.42 Å². The fourth-order valence-electron chi connectivity index (χ4n) is 2.46. The van der Waals surface area contributed by atoms with Crippen LogP contribution in [0.3, 0.4) is 0 Å². The molecule has 2 N–H and O–H groups in total. The van der Waals surface area contributed by atoms with Crippen molar-refractivity contribution in [3.63, 3.8) is 0 Å². The largest absolute Gasteiger partial charge is 0.326 e. The van der Waals surface area contributed by atoms with Crippen LogP contribution in [0, 0.1) is 5.92 Å². The highest BCUT2D eigenvalue weighted by atomic mass is 32.2. The minimum atomic E-state index is -3.33. The van der Waals surface area contributed by atoms with Crippen molar-refractivity contribution in [2.24, 2.45) is 11.7 Å². The molecule has 2 unspecified atom stereocenters. The van der Waals surface area contributed by atoms with Crippen LogP contribution in [-0.4, -0.2) is 25.3 Å². The van der Waals surface area contributed by atoms with Gasteiger partial charge in [-0.1, -0.05) is 6.92 Å². The number of nitrogens with two attached hydrogens (primary N) is 1. The number of thiophene rings is 1. The van der Waals surface area contributed by atoms with Gasteiger partial charge in [-0.05, 0) is 37.8 Å². The van der Waals surface area contributed by atoms with Gasteiger partial charge in [0.25, 0.3) is 10.0 Å². The number of piperidine rings is 1. The molecule has 1 aromatic heterocycles. The van der Waals surface area contributed by atoms with Gasteiger partial charge < -0.3 is 5.73 Å². The summed E-state index contributed by atoms with van der Waals surface area (Å²) in [5.74, 6) is 0.606. The summed E-state index contributed by atoms with van der Waals surface area (Å²) in [5.41, 5.74) is 5.53. The molecular formula is C12H20N2O2S2. The molecule has 6 heteroatoms. The van der Waals surface area contributed by atoms with Crippen LogP contribution in [0.4, 0.5) is 0 Å². The lowest BCUT2D eigenvalue weighted by molar-refractivity contribution is 0.220. The van der Waals surface area contributed by atoms with Crippen LogP contribution in [0.2, 0.25) is 0 Å². The molecule has 1 fully saturated rings. The van der Waals surface area contributed by atoms with E-state index in [0.717, 1.165) is 17.7 Å². The molecule has 2 rings (SSSR count). The average Bonchev–Trinajstić information content (AvgIpc) is 2.77. The molecule has 0 aliphatic carbocycles. The highest BCUT2D eigenvalue weighted by Gasteiger charge is 2.33. The summed E-state index contributed by atoms with van der Waals surface area (Å²) in [7, 11) is -3.33. The van der Waals surface area contributed by atoms with E-state index in [0.29, 0.717) is 23.2 Å². The van der Waals surface area contributed by atoms with Gasteiger partial charge in [0, 0.05) is 24.0 Å². The Kier molecular flexibility index (Phi) is 4.11. The zero-order chi connectivity index (χ0) is 13.3. The Hall–Kier alpha value is -0.430. The lowest BCUT2D eigenvalue weighted by atomic mass is 9.95. The average molecular weight is 288 g/mol. The van der Waals surface area contributed by atoms with Crippen molar-refractivity contribution in [3.05, 3.63) is 17.0 Å². The number of rotatable bonds is 3.